The number of benzene rings is 2. The van der Waals surface area contributed by atoms with Crippen molar-refractivity contribution in [1.29, 1.82) is 0 Å². The Morgan fingerprint density at radius 1 is 0.964 bits per heavy atom. The van der Waals surface area contributed by atoms with Gasteiger partial charge in [0.15, 0.2) is 0 Å². The monoisotopic (exact) mass is 371 g/mol. The first-order valence-electron chi connectivity index (χ1n) is 9.87. The Hall–Kier alpha value is -2.98. The van der Waals surface area contributed by atoms with Gasteiger partial charge in [0, 0.05) is 25.5 Å². The molecule has 0 radical (unpaired) electrons. The Bertz CT molecular complexity index is 916. The van der Waals surface area contributed by atoms with Gasteiger partial charge in [0.25, 0.3) is 5.91 Å². The lowest BCUT2D eigenvalue weighted by Gasteiger charge is -2.15. The van der Waals surface area contributed by atoms with E-state index in [0.29, 0.717) is 12.1 Å². The summed E-state index contributed by atoms with van der Waals surface area (Å²) in [5, 5.41) is 3.00. The number of carbonyl (C=O) groups is 1. The first-order valence-corrected chi connectivity index (χ1v) is 9.87. The Morgan fingerprint density at radius 2 is 1.75 bits per heavy atom. The topological polar surface area (TPSA) is 45.2 Å². The van der Waals surface area contributed by atoms with Crippen LogP contribution in [-0.4, -0.2) is 28.9 Å². The van der Waals surface area contributed by atoms with Gasteiger partial charge in [0.1, 0.15) is 0 Å². The summed E-state index contributed by atoms with van der Waals surface area (Å²) in [5.41, 5.74) is 5.37. The van der Waals surface area contributed by atoms with Crippen molar-refractivity contribution < 1.29 is 4.79 Å². The molecule has 0 aliphatic carbocycles. The molecule has 4 nitrogen and oxygen atoms in total. The molecule has 4 rings (SSSR count). The van der Waals surface area contributed by atoms with Crippen molar-refractivity contribution in [3.63, 3.8) is 0 Å². The van der Waals surface area contributed by atoms with Gasteiger partial charge >= 0.3 is 0 Å². The molecule has 3 aromatic rings. The zero-order valence-electron chi connectivity index (χ0n) is 16.0. The fourth-order valence-corrected chi connectivity index (χ4v) is 3.72. The van der Waals surface area contributed by atoms with Crippen LogP contribution in [0.1, 0.15) is 34.3 Å². The second-order valence-electron chi connectivity index (χ2n) is 7.26. The van der Waals surface area contributed by atoms with Crippen LogP contribution in [0.2, 0.25) is 0 Å². The van der Waals surface area contributed by atoms with Crippen molar-refractivity contribution in [2.24, 2.45) is 0 Å². The van der Waals surface area contributed by atoms with Crippen LogP contribution in [0.25, 0.3) is 11.1 Å². The molecule has 0 bridgehead atoms. The number of pyridine rings is 1. The molecule has 1 aliphatic rings. The molecule has 2 aromatic carbocycles. The van der Waals surface area contributed by atoms with Gasteiger partial charge in [-0.3, -0.25) is 14.7 Å². The predicted molar refractivity (Wildman–Crippen MR) is 112 cm³/mol. The van der Waals surface area contributed by atoms with E-state index in [-0.39, 0.29) is 5.91 Å². The van der Waals surface area contributed by atoms with Crippen molar-refractivity contribution in [2.75, 3.05) is 13.1 Å². The largest absolute Gasteiger partial charge is 0.348 e. The molecular formula is C24H25N3O. The Balaban J connectivity index is 1.45. The number of nitrogens with zero attached hydrogens (tertiary/aromatic N) is 2. The average molecular weight is 371 g/mol. The van der Waals surface area contributed by atoms with Crippen molar-refractivity contribution in [3.05, 3.63) is 89.7 Å². The summed E-state index contributed by atoms with van der Waals surface area (Å²) in [5.74, 6) is -0.108. The van der Waals surface area contributed by atoms with E-state index in [1.165, 1.54) is 37.1 Å². The minimum atomic E-state index is -0.108. The highest BCUT2D eigenvalue weighted by atomic mass is 16.1. The zero-order chi connectivity index (χ0) is 19.2. The van der Waals surface area contributed by atoms with E-state index in [9.17, 15) is 4.79 Å². The van der Waals surface area contributed by atoms with Gasteiger partial charge in [-0.15, -0.1) is 0 Å². The highest BCUT2D eigenvalue weighted by Crippen LogP contribution is 2.25. The normalized spacial score (nSPS) is 14.1. The van der Waals surface area contributed by atoms with Gasteiger partial charge < -0.3 is 5.32 Å². The fraction of sp³-hybridized carbons (Fsp3) is 0.250. The zero-order valence-corrected chi connectivity index (χ0v) is 16.0. The van der Waals surface area contributed by atoms with Crippen LogP contribution >= 0.6 is 0 Å². The molecule has 1 fully saturated rings. The quantitative estimate of drug-likeness (QED) is 0.704. The number of amides is 1. The standard InChI is InChI=1S/C24H25N3O/c28-24(22-7-5-13-25-16-22)26-17-21-6-1-2-8-23(21)20-11-9-19(10-12-20)18-27-14-3-4-15-27/h1-2,5-13,16H,3-4,14-15,17-18H2,(H,26,28). The lowest BCUT2D eigenvalue weighted by atomic mass is 9.98. The highest BCUT2D eigenvalue weighted by Gasteiger charge is 2.12. The molecule has 1 N–H and O–H groups in total. The van der Waals surface area contributed by atoms with Crippen molar-refractivity contribution in [2.45, 2.75) is 25.9 Å². The van der Waals surface area contributed by atoms with E-state index in [1.807, 2.05) is 12.1 Å². The third kappa shape index (κ3) is 4.46. The lowest BCUT2D eigenvalue weighted by molar-refractivity contribution is 0.0950. The molecule has 1 saturated heterocycles. The maximum absolute atomic E-state index is 12.3. The number of nitrogens with one attached hydrogen (secondary N) is 1. The number of rotatable bonds is 6. The molecule has 0 unspecified atom stereocenters. The molecule has 0 spiro atoms. The highest BCUT2D eigenvalue weighted by molar-refractivity contribution is 5.93. The van der Waals surface area contributed by atoms with E-state index >= 15 is 0 Å². The van der Waals surface area contributed by atoms with E-state index in [1.54, 1.807) is 24.5 Å². The Labute approximate surface area is 166 Å². The number of hydrogen-bond acceptors (Lipinski definition) is 3. The van der Waals surface area contributed by atoms with E-state index < -0.39 is 0 Å². The lowest BCUT2D eigenvalue weighted by Crippen LogP contribution is -2.23. The van der Waals surface area contributed by atoms with Crippen molar-refractivity contribution in [3.8, 4) is 11.1 Å². The van der Waals surface area contributed by atoms with E-state index in [2.05, 4.69) is 51.6 Å². The van der Waals surface area contributed by atoms with Gasteiger partial charge in [0.05, 0.1) is 5.56 Å². The Kier molecular flexibility index (Phi) is 5.78. The van der Waals surface area contributed by atoms with Crippen LogP contribution in [0.3, 0.4) is 0 Å². The minimum Gasteiger partial charge on any atom is -0.348 e. The number of carbonyl (C=O) groups excluding carboxylic acids is 1. The summed E-state index contributed by atoms with van der Waals surface area (Å²) in [6.07, 6.45) is 5.88. The van der Waals surface area contributed by atoms with Gasteiger partial charge in [0.2, 0.25) is 0 Å². The molecule has 142 valence electrons. The van der Waals surface area contributed by atoms with Gasteiger partial charge in [-0.05, 0) is 60.3 Å². The molecule has 0 atom stereocenters. The van der Waals surface area contributed by atoms with Crippen LogP contribution in [0.4, 0.5) is 0 Å². The summed E-state index contributed by atoms with van der Waals surface area (Å²) in [6.45, 7) is 3.94. The minimum absolute atomic E-state index is 0.108. The molecular weight excluding hydrogens is 346 g/mol. The summed E-state index contributed by atoms with van der Waals surface area (Å²) in [7, 11) is 0. The second kappa shape index (κ2) is 8.81. The van der Waals surface area contributed by atoms with Crippen LogP contribution in [0.5, 0.6) is 0 Å². The number of hydrogen-bond donors (Lipinski definition) is 1. The van der Waals surface area contributed by atoms with Crippen molar-refractivity contribution >= 4 is 5.91 Å². The second-order valence-corrected chi connectivity index (χ2v) is 7.26. The third-order valence-electron chi connectivity index (χ3n) is 5.25. The first-order chi connectivity index (χ1) is 13.8. The van der Waals surface area contributed by atoms with Gasteiger partial charge in [-0.25, -0.2) is 0 Å². The molecule has 1 aliphatic heterocycles. The smallest absolute Gasteiger partial charge is 0.253 e. The van der Waals surface area contributed by atoms with Crippen LogP contribution in [0, 0.1) is 0 Å². The maximum Gasteiger partial charge on any atom is 0.253 e. The molecule has 4 heteroatoms. The molecule has 2 heterocycles. The van der Waals surface area contributed by atoms with E-state index in [0.717, 1.165) is 17.7 Å². The third-order valence-corrected chi connectivity index (χ3v) is 5.25. The summed E-state index contributed by atoms with van der Waals surface area (Å²) in [4.78, 5) is 18.8. The molecule has 28 heavy (non-hydrogen) atoms. The summed E-state index contributed by atoms with van der Waals surface area (Å²) < 4.78 is 0. The van der Waals surface area contributed by atoms with Crippen molar-refractivity contribution in [1.82, 2.24) is 15.2 Å². The molecule has 1 amide bonds. The summed E-state index contributed by atoms with van der Waals surface area (Å²) >= 11 is 0. The molecule has 1 aromatic heterocycles. The molecule has 0 saturated carbocycles. The fourth-order valence-electron chi connectivity index (χ4n) is 3.72. The van der Waals surface area contributed by atoms with Gasteiger partial charge in [-0.1, -0.05) is 48.5 Å². The van der Waals surface area contributed by atoms with E-state index in [4.69, 9.17) is 0 Å². The maximum atomic E-state index is 12.3. The van der Waals surface area contributed by atoms with Crippen LogP contribution in [-0.2, 0) is 13.1 Å². The van der Waals surface area contributed by atoms with Crippen LogP contribution < -0.4 is 5.32 Å². The number of likely N-dealkylation sites (tertiary alicyclic amines) is 1. The predicted octanol–water partition coefficient (Wildman–Crippen LogP) is 4.27. The van der Waals surface area contributed by atoms with Gasteiger partial charge in [-0.2, -0.15) is 0 Å². The Morgan fingerprint density at radius 3 is 2.50 bits per heavy atom. The first kappa shape index (κ1) is 18.4. The average Bonchev–Trinajstić information content (AvgIpc) is 3.26. The SMILES string of the molecule is O=C(NCc1ccccc1-c1ccc(CN2CCCC2)cc1)c1cccnc1. The number of aromatic nitrogens is 1. The van der Waals surface area contributed by atoms with Crippen LogP contribution in [0.15, 0.2) is 73.1 Å². The summed E-state index contributed by atoms with van der Waals surface area (Å²) in [6, 6.07) is 20.6.